The Hall–Kier alpha value is -5.36. The van der Waals surface area contributed by atoms with Crippen LogP contribution in [0.5, 0.6) is 57.5 Å². The molecule has 0 saturated carbocycles. The van der Waals surface area contributed by atoms with Gasteiger partial charge in [-0.1, -0.05) is 18.2 Å². The van der Waals surface area contributed by atoms with Crippen LogP contribution in [0.15, 0.2) is 60.7 Å². The number of ether oxygens (including phenoxy) is 10. The van der Waals surface area contributed by atoms with Crippen molar-refractivity contribution in [1.29, 1.82) is 0 Å². The molecule has 6 rings (SSSR count). The molecule has 2 saturated heterocycles. The van der Waals surface area contributed by atoms with Gasteiger partial charge in [0.05, 0.1) is 81.3 Å². The molecule has 16 heteroatoms. The first kappa shape index (κ1) is 42.3. The number of rotatable bonds is 18. The minimum atomic E-state index is -1.40. The smallest absolute Gasteiger partial charge is 0.204 e. The molecule has 4 aromatic carbocycles. The third kappa shape index (κ3) is 8.16. The second-order valence-corrected chi connectivity index (χ2v) is 13.7. The second kappa shape index (κ2) is 18.5. The zero-order valence-electron chi connectivity index (χ0n) is 33.0. The van der Waals surface area contributed by atoms with Gasteiger partial charge in [0.25, 0.3) is 0 Å². The molecule has 8 atom stereocenters. The Morgan fingerprint density at radius 1 is 0.552 bits per heavy atom. The zero-order chi connectivity index (χ0) is 41.7. The van der Waals surface area contributed by atoms with E-state index in [0.29, 0.717) is 18.8 Å². The largest absolute Gasteiger partial charge is 0.504 e. The van der Waals surface area contributed by atoms with Crippen molar-refractivity contribution in [2.75, 3.05) is 69.1 Å². The Morgan fingerprint density at radius 2 is 1.02 bits per heavy atom. The Labute approximate surface area is 335 Å². The van der Waals surface area contributed by atoms with Crippen molar-refractivity contribution in [2.24, 2.45) is 11.8 Å². The highest BCUT2D eigenvalue weighted by atomic mass is 16.6. The average Bonchev–Trinajstić information content (AvgIpc) is 3.87. The first-order valence-corrected chi connectivity index (χ1v) is 18.4. The number of aliphatic hydroxyl groups excluding tert-OH is 4. The van der Waals surface area contributed by atoms with E-state index in [9.17, 15) is 30.6 Å². The molecular formula is C42H50O16. The Morgan fingerprint density at radius 3 is 1.45 bits per heavy atom. The maximum Gasteiger partial charge on any atom is 0.204 e. The Balaban J connectivity index is 1.22. The second-order valence-electron chi connectivity index (χ2n) is 13.7. The van der Waals surface area contributed by atoms with Crippen LogP contribution in [-0.4, -0.2) is 112 Å². The summed E-state index contributed by atoms with van der Waals surface area (Å²) < 4.78 is 58.5. The third-order valence-electron chi connectivity index (χ3n) is 10.6. The van der Waals surface area contributed by atoms with Gasteiger partial charge in [0.2, 0.25) is 11.5 Å². The number of benzene rings is 4. The molecule has 2 aliphatic rings. The average molecular weight is 811 g/mol. The van der Waals surface area contributed by atoms with Crippen LogP contribution in [0.4, 0.5) is 0 Å². The van der Waals surface area contributed by atoms with Gasteiger partial charge in [0.1, 0.15) is 12.2 Å². The fourth-order valence-corrected chi connectivity index (χ4v) is 7.59. The lowest BCUT2D eigenvalue weighted by Crippen LogP contribution is -2.30. The molecule has 0 bridgehead atoms. The van der Waals surface area contributed by atoms with Crippen LogP contribution in [0.2, 0.25) is 0 Å². The van der Waals surface area contributed by atoms with Crippen LogP contribution in [0.25, 0.3) is 0 Å². The molecule has 2 aliphatic heterocycles. The van der Waals surface area contributed by atoms with Crippen LogP contribution in [-0.2, 0) is 9.47 Å². The normalized spacial score (nSPS) is 20.7. The van der Waals surface area contributed by atoms with Crippen LogP contribution < -0.4 is 37.9 Å². The van der Waals surface area contributed by atoms with Gasteiger partial charge in [-0.15, -0.1) is 0 Å². The Kier molecular flexibility index (Phi) is 13.5. The molecule has 6 N–H and O–H groups in total. The van der Waals surface area contributed by atoms with Gasteiger partial charge < -0.3 is 78.0 Å². The summed E-state index contributed by atoms with van der Waals surface area (Å²) >= 11 is 0. The molecule has 0 unspecified atom stereocenters. The molecule has 0 radical (unpaired) electrons. The topological polar surface area (TPSA) is 214 Å². The van der Waals surface area contributed by atoms with E-state index >= 15 is 0 Å². The van der Waals surface area contributed by atoms with E-state index in [0.717, 1.165) is 11.1 Å². The van der Waals surface area contributed by atoms with Crippen molar-refractivity contribution in [3.63, 3.8) is 0 Å². The number of phenolic OH excluding ortho intramolecular Hbond substituents is 2. The minimum absolute atomic E-state index is 0.0522. The summed E-state index contributed by atoms with van der Waals surface area (Å²) in [5, 5.41) is 63.2. The van der Waals surface area contributed by atoms with Crippen molar-refractivity contribution in [1.82, 2.24) is 0 Å². The molecule has 16 nitrogen and oxygen atoms in total. The van der Waals surface area contributed by atoms with E-state index in [1.165, 1.54) is 66.9 Å². The maximum absolute atomic E-state index is 11.2. The zero-order valence-corrected chi connectivity index (χ0v) is 33.0. The predicted molar refractivity (Wildman–Crippen MR) is 206 cm³/mol. The highest BCUT2D eigenvalue weighted by Gasteiger charge is 2.49. The number of phenols is 2. The van der Waals surface area contributed by atoms with Crippen LogP contribution in [0.1, 0.15) is 46.7 Å². The highest BCUT2D eigenvalue weighted by molar-refractivity contribution is 5.56. The molecule has 58 heavy (non-hydrogen) atoms. The molecule has 2 heterocycles. The van der Waals surface area contributed by atoms with Gasteiger partial charge >= 0.3 is 0 Å². The van der Waals surface area contributed by atoms with Gasteiger partial charge in [0.15, 0.2) is 58.2 Å². The van der Waals surface area contributed by atoms with E-state index in [-0.39, 0.29) is 74.9 Å². The SMILES string of the molecule is COc1cc([C@@H](O)[C@H](CO)Oc2c(OC)cc([C@@H]3OC[C@@H]4[C@H]3CO[C@H]4c3cc(OC)c(O[C@@H](CO)[C@H](O)c4cccc(O)c4OC)c(OC)c3)cc2OC)ccc1O. The number of aliphatic hydroxyl groups is 4. The highest BCUT2D eigenvalue weighted by Crippen LogP contribution is 2.54. The van der Waals surface area contributed by atoms with Gasteiger partial charge in [-0.2, -0.15) is 0 Å². The number of aromatic hydroxyl groups is 2. The summed E-state index contributed by atoms with van der Waals surface area (Å²) in [5.74, 6) is 1.14. The van der Waals surface area contributed by atoms with Crippen molar-refractivity contribution < 1.29 is 78.0 Å². The van der Waals surface area contributed by atoms with E-state index in [1.807, 2.05) is 0 Å². The fraction of sp³-hybridized carbons (Fsp3) is 0.429. The van der Waals surface area contributed by atoms with E-state index in [4.69, 9.17) is 47.4 Å². The molecule has 0 spiro atoms. The summed E-state index contributed by atoms with van der Waals surface area (Å²) in [4.78, 5) is 0. The van der Waals surface area contributed by atoms with Crippen molar-refractivity contribution in [3.8, 4) is 57.5 Å². The lowest BCUT2D eigenvalue weighted by molar-refractivity contribution is -0.00302. The standard InChI is InChI=1S/C42H50O16/c1-49-29-12-21(10-11-27(29)45)36(47)34(17-43)57-41-30(50-2)13-22(14-31(41)51-3)38-25-19-56-39(26(25)20-55-38)23-15-32(52-4)42(33(16-23)53-5)58-35(18-44)37(48)24-8-7-9-28(46)40(24)54-6/h7-16,25-26,34-39,43-48H,17-20H2,1-6H3/t25-,26-,34+,35+,36-,37-,38+,39+/m1/s1. The summed E-state index contributed by atoms with van der Waals surface area (Å²) in [7, 11) is 8.61. The van der Waals surface area contributed by atoms with E-state index < -0.39 is 49.8 Å². The Bertz CT molecular complexity index is 1970. The van der Waals surface area contributed by atoms with Gasteiger partial charge in [-0.05, 0) is 59.2 Å². The third-order valence-corrected chi connectivity index (χ3v) is 10.6. The summed E-state index contributed by atoms with van der Waals surface area (Å²) in [6.07, 6.45) is -5.92. The molecular weight excluding hydrogens is 760 g/mol. The number of hydrogen-bond donors (Lipinski definition) is 6. The molecule has 4 aromatic rings. The quantitative estimate of drug-likeness (QED) is 0.0832. The van der Waals surface area contributed by atoms with Gasteiger partial charge in [-0.25, -0.2) is 0 Å². The summed E-state index contributed by atoms with van der Waals surface area (Å²) in [5.41, 5.74) is 2.03. The maximum atomic E-state index is 11.2. The predicted octanol–water partition coefficient (Wildman–Crippen LogP) is 4.17. The molecule has 0 aromatic heterocycles. The molecule has 2 fully saturated rings. The number of methoxy groups -OCH3 is 6. The van der Waals surface area contributed by atoms with Gasteiger partial charge in [-0.3, -0.25) is 0 Å². The first-order valence-electron chi connectivity index (χ1n) is 18.4. The molecule has 0 aliphatic carbocycles. The van der Waals surface area contributed by atoms with Crippen molar-refractivity contribution in [2.45, 2.75) is 36.6 Å². The van der Waals surface area contributed by atoms with E-state index in [1.54, 1.807) is 36.4 Å². The summed E-state index contributed by atoms with van der Waals surface area (Å²) in [6, 6.07) is 15.9. The fourth-order valence-electron chi connectivity index (χ4n) is 7.59. The summed E-state index contributed by atoms with van der Waals surface area (Å²) in [6.45, 7) is -0.450. The van der Waals surface area contributed by atoms with Crippen LogP contribution in [0, 0.1) is 11.8 Å². The lowest BCUT2D eigenvalue weighted by atomic mass is 9.84. The monoisotopic (exact) mass is 810 g/mol. The minimum Gasteiger partial charge on any atom is -0.504 e. The van der Waals surface area contributed by atoms with Gasteiger partial charge in [0, 0.05) is 17.4 Å². The van der Waals surface area contributed by atoms with Crippen LogP contribution in [0.3, 0.4) is 0 Å². The molecule has 314 valence electrons. The molecule has 0 amide bonds. The number of para-hydroxylation sites is 1. The van der Waals surface area contributed by atoms with Crippen LogP contribution >= 0.6 is 0 Å². The van der Waals surface area contributed by atoms with Crippen molar-refractivity contribution in [3.05, 3.63) is 82.9 Å². The van der Waals surface area contributed by atoms with Crippen molar-refractivity contribution >= 4 is 0 Å². The number of hydrogen-bond acceptors (Lipinski definition) is 16. The first-order chi connectivity index (χ1) is 28.0. The van der Waals surface area contributed by atoms with E-state index in [2.05, 4.69) is 0 Å². The lowest BCUT2D eigenvalue weighted by Gasteiger charge is -2.27. The number of fused-ring (bicyclic) bond motifs is 1.